The standard InChI is InChI=1S/C24H20F3N3/c25-24(26,27)16-8-5-13(6-9-16)22-19-11-14-3-1-2-4-17(14)21(19)18-12-15(23(28)29)7-10-20(18)30-22/h1-10,12,19,21-22,30H,11H2,(H3,28,29). The van der Waals surface area contributed by atoms with Crippen molar-refractivity contribution in [2.75, 3.05) is 5.32 Å². The molecule has 0 aromatic heterocycles. The van der Waals surface area contributed by atoms with Crippen LogP contribution < -0.4 is 11.1 Å². The Morgan fingerprint density at radius 1 is 0.967 bits per heavy atom. The number of rotatable bonds is 2. The summed E-state index contributed by atoms with van der Waals surface area (Å²) in [5.74, 6) is 0.281. The lowest BCUT2D eigenvalue weighted by molar-refractivity contribution is -0.137. The predicted octanol–water partition coefficient (Wildman–Crippen LogP) is 5.46. The van der Waals surface area contributed by atoms with Crippen LogP contribution in [0.15, 0.2) is 66.7 Å². The molecule has 0 bridgehead atoms. The normalized spacial score (nSPS) is 21.9. The van der Waals surface area contributed by atoms with Crippen LogP contribution in [0.4, 0.5) is 18.9 Å². The van der Waals surface area contributed by atoms with Gasteiger partial charge in [-0.1, -0.05) is 36.4 Å². The van der Waals surface area contributed by atoms with Gasteiger partial charge >= 0.3 is 6.18 Å². The fourth-order valence-corrected chi connectivity index (χ4v) is 4.94. The van der Waals surface area contributed by atoms with Gasteiger partial charge in [-0.25, -0.2) is 0 Å². The summed E-state index contributed by atoms with van der Waals surface area (Å²) >= 11 is 0. The number of amidine groups is 1. The zero-order valence-corrected chi connectivity index (χ0v) is 16.0. The van der Waals surface area contributed by atoms with Crippen LogP contribution in [0.5, 0.6) is 0 Å². The summed E-state index contributed by atoms with van der Waals surface area (Å²) in [6, 6.07) is 19.3. The molecule has 152 valence electrons. The molecule has 3 nitrogen and oxygen atoms in total. The third kappa shape index (κ3) is 2.95. The maximum atomic E-state index is 13.0. The van der Waals surface area contributed by atoms with Gasteiger partial charge in [-0.2, -0.15) is 13.2 Å². The Labute approximate surface area is 172 Å². The van der Waals surface area contributed by atoms with Gasteiger partial charge in [-0.3, -0.25) is 5.41 Å². The lowest BCUT2D eigenvalue weighted by Crippen LogP contribution is -2.30. The molecule has 0 amide bonds. The highest BCUT2D eigenvalue weighted by Gasteiger charge is 2.43. The van der Waals surface area contributed by atoms with E-state index in [0.717, 1.165) is 35.4 Å². The second-order valence-electron chi connectivity index (χ2n) is 8.00. The monoisotopic (exact) mass is 407 g/mol. The van der Waals surface area contributed by atoms with Crippen molar-refractivity contribution >= 4 is 11.5 Å². The Hall–Kier alpha value is -3.28. The van der Waals surface area contributed by atoms with Crippen molar-refractivity contribution in [1.29, 1.82) is 5.41 Å². The third-order valence-corrected chi connectivity index (χ3v) is 6.31. The van der Waals surface area contributed by atoms with Gasteiger partial charge in [0.05, 0.1) is 11.6 Å². The number of nitrogens with two attached hydrogens (primary N) is 1. The molecule has 0 saturated heterocycles. The summed E-state index contributed by atoms with van der Waals surface area (Å²) in [5.41, 5.74) is 11.1. The molecule has 3 aromatic rings. The third-order valence-electron chi connectivity index (χ3n) is 6.31. The Balaban J connectivity index is 1.62. The summed E-state index contributed by atoms with van der Waals surface area (Å²) in [5, 5.41) is 11.3. The van der Waals surface area contributed by atoms with Gasteiger partial charge in [0.1, 0.15) is 5.84 Å². The van der Waals surface area contributed by atoms with Crippen molar-refractivity contribution in [1.82, 2.24) is 0 Å². The number of halogens is 3. The van der Waals surface area contributed by atoms with Crippen LogP contribution in [0.25, 0.3) is 0 Å². The summed E-state index contributed by atoms with van der Waals surface area (Å²) in [4.78, 5) is 0. The molecular weight excluding hydrogens is 387 g/mol. The van der Waals surface area contributed by atoms with Gasteiger partial charge in [0.25, 0.3) is 0 Å². The van der Waals surface area contributed by atoms with Gasteiger partial charge in [0, 0.05) is 17.2 Å². The first-order valence-electron chi connectivity index (χ1n) is 9.83. The second kappa shape index (κ2) is 6.62. The molecule has 3 atom stereocenters. The van der Waals surface area contributed by atoms with Crippen molar-refractivity contribution in [3.63, 3.8) is 0 Å². The molecule has 3 aromatic carbocycles. The maximum Gasteiger partial charge on any atom is 0.416 e. The van der Waals surface area contributed by atoms with Crippen LogP contribution in [-0.4, -0.2) is 5.84 Å². The molecule has 1 heterocycles. The van der Waals surface area contributed by atoms with E-state index < -0.39 is 11.7 Å². The molecule has 5 rings (SSSR count). The van der Waals surface area contributed by atoms with Gasteiger partial charge in [-0.15, -0.1) is 0 Å². The second-order valence-corrected chi connectivity index (χ2v) is 8.00. The molecule has 6 heteroatoms. The minimum Gasteiger partial charge on any atom is -0.384 e. The van der Waals surface area contributed by atoms with Gasteiger partial charge in [0.2, 0.25) is 0 Å². The van der Waals surface area contributed by atoms with Crippen LogP contribution in [0.2, 0.25) is 0 Å². The molecule has 0 saturated carbocycles. The van der Waals surface area contributed by atoms with Crippen LogP contribution in [-0.2, 0) is 12.6 Å². The quantitative estimate of drug-likeness (QED) is 0.390. The maximum absolute atomic E-state index is 13.0. The van der Waals surface area contributed by atoms with Gasteiger partial charge in [0.15, 0.2) is 0 Å². The van der Waals surface area contributed by atoms with E-state index in [1.54, 1.807) is 18.2 Å². The van der Waals surface area contributed by atoms with Crippen molar-refractivity contribution in [2.24, 2.45) is 11.7 Å². The SMILES string of the molecule is N=C(N)c1ccc2c(c1)C1c3ccccc3CC1C(c1ccc(C(F)(F)F)cc1)N2. The lowest BCUT2D eigenvalue weighted by Gasteiger charge is -2.38. The molecule has 0 spiro atoms. The molecule has 4 N–H and O–H groups in total. The highest BCUT2D eigenvalue weighted by atomic mass is 19.4. The van der Waals surface area contributed by atoms with Gasteiger partial charge in [-0.05, 0) is 64.9 Å². The lowest BCUT2D eigenvalue weighted by atomic mass is 9.75. The van der Waals surface area contributed by atoms with Gasteiger partial charge < -0.3 is 11.1 Å². The van der Waals surface area contributed by atoms with Crippen molar-refractivity contribution < 1.29 is 13.2 Å². The van der Waals surface area contributed by atoms with E-state index in [4.69, 9.17) is 11.1 Å². The smallest absolute Gasteiger partial charge is 0.384 e. The molecule has 0 radical (unpaired) electrons. The van der Waals surface area contributed by atoms with E-state index in [1.165, 1.54) is 11.1 Å². The molecule has 1 aliphatic carbocycles. The first-order valence-corrected chi connectivity index (χ1v) is 9.83. The number of alkyl halides is 3. The predicted molar refractivity (Wildman–Crippen MR) is 111 cm³/mol. The molecule has 2 aliphatic rings. The van der Waals surface area contributed by atoms with E-state index in [2.05, 4.69) is 17.4 Å². The highest BCUT2D eigenvalue weighted by Crippen LogP contribution is 2.54. The number of hydrogen-bond donors (Lipinski definition) is 3. The Morgan fingerprint density at radius 3 is 2.40 bits per heavy atom. The molecule has 0 fully saturated rings. The molecule has 3 unspecified atom stereocenters. The first kappa shape index (κ1) is 18.7. The highest BCUT2D eigenvalue weighted by molar-refractivity contribution is 5.95. The number of benzene rings is 3. The van der Waals surface area contributed by atoms with Crippen LogP contribution >= 0.6 is 0 Å². The fourth-order valence-electron chi connectivity index (χ4n) is 4.94. The molecular formula is C24H20F3N3. The zero-order chi connectivity index (χ0) is 21.0. The number of anilines is 1. The van der Waals surface area contributed by atoms with Crippen molar-refractivity contribution in [3.8, 4) is 0 Å². The van der Waals surface area contributed by atoms with Crippen molar-refractivity contribution in [3.05, 3.63) is 100 Å². The fraction of sp³-hybridized carbons (Fsp3) is 0.208. The average Bonchev–Trinajstić information content (AvgIpc) is 3.12. The summed E-state index contributed by atoms with van der Waals surface area (Å²) in [6.07, 6.45) is -3.51. The van der Waals surface area contributed by atoms with Crippen LogP contribution in [0.3, 0.4) is 0 Å². The van der Waals surface area contributed by atoms with E-state index >= 15 is 0 Å². The Morgan fingerprint density at radius 2 is 1.70 bits per heavy atom. The van der Waals surface area contributed by atoms with E-state index in [-0.39, 0.29) is 23.7 Å². The van der Waals surface area contributed by atoms with E-state index in [1.807, 2.05) is 24.3 Å². The molecule has 30 heavy (non-hydrogen) atoms. The summed E-state index contributed by atoms with van der Waals surface area (Å²) < 4.78 is 39.0. The number of nitrogens with one attached hydrogen (secondary N) is 2. The number of hydrogen-bond acceptors (Lipinski definition) is 2. The first-order chi connectivity index (χ1) is 14.3. The average molecular weight is 407 g/mol. The minimum atomic E-state index is -4.35. The van der Waals surface area contributed by atoms with Crippen LogP contribution in [0, 0.1) is 11.3 Å². The van der Waals surface area contributed by atoms with Crippen LogP contribution in [0.1, 0.15) is 45.3 Å². The molecule has 1 aliphatic heterocycles. The number of nitrogen functional groups attached to an aromatic ring is 1. The minimum absolute atomic E-state index is 0.0190. The van der Waals surface area contributed by atoms with E-state index in [0.29, 0.717) is 5.56 Å². The largest absolute Gasteiger partial charge is 0.416 e. The summed E-state index contributed by atoms with van der Waals surface area (Å²) in [7, 11) is 0. The zero-order valence-electron chi connectivity index (χ0n) is 16.0. The topological polar surface area (TPSA) is 61.9 Å². The Kier molecular flexibility index (Phi) is 4.13. The number of fused-ring (bicyclic) bond motifs is 5. The van der Waals surface area contributed by atoms with Crippen molar-refractivity contribution in [2.45, 2.75) is 24.6 Å². The Bertz CT molecular complexity index is 1140. The van der Waals surface area contributed by atoms with E-state index in [9.17, 15) is 13.2 Å². The summed E-state index contributed by atoms with van der Waals surface area (Å²) in [6.45, 7) is 0.